The molecule has 0 fully saturated rings. The molecule has 0 aliphatic carbocycles. The van der Waals surface area contributed by atoms with Crippen LogP contribution in [0.5, 0.6) is 0 Å². The maximum absolute atomic E-state index is 11.7. The van der Waals surface area contributed by atoms with Crippen molar-refractivity contribution in [2.45, 2.75) is 18.6 Å². The lowest BCUT2D eigenvalue weighted by molar-refractivity contribution is -0.113. The molecule has 0 saturated heterocycles. The maximum Gasteiger partial charge on any atom is 0.237 e. The third kappa shape index (κ3) is 3.32. The predicted octanol–water partition coefficient (Wildman–Crippen LogP) is 0.301. The van der Waals surface area contributed by atoms with E-state index in [0.717, 1.165) is 0 Å². The highest BCUT2D eigenvalue weighted by Gasteiger charge is 2.11. The number of carbonyl (C=O) groups excluding carboxylic acids is 1. The molecular weight excluding hydrogens is 268 g/mol. The lowest BCUT2D eigenvalue weighted by Gasteiger charge is -2.02. The second-order valence-corrected chi connectivity index (χ2v) is 4.77. The molecule has 0 atom stereocenters. The average Bonchev–Trinajstić information content (AvgIpc) is 2.93. The molecule has 0 spiro atoms. The maximum atomic E-state index is 11.7. The van der Waals surface area contributed by atoms with Gasteiger partial charge >= 0.3 is 0 Å². The van der Waals surface area contributed by atoms with Gasteiger partial charge in [0.1, 0.15) is 5.82 Å². The summed E-state index contributed by atoms with van der Waals surface area (Å²) in [7, 11) is 1.81. The lowest BCUT2D eigenvalue weighted by Crippen LogP contribution is -2.14. The summed E-state index contributed by atoms with van der Waals surface area (Å²) in [6, 6.07) is 1.65. The first kappa shape index (κ1) is 13.6. The molecule has 102 valence electrons. The average molecular weight is 282 g/mol. The van der Waals surface area contributed by atoms with Gasteiger partial charge in [-0.15, -0.1) is 10.2 Å². The molecule has 0 aromatic carbocycles. The number of nitrogens with two attached hydrogens (primary N) is 1. The molecule has 0 aliphatic rings. The third-order valence-electron chi connectivity index (χ3n) is 2.33. The van der Waals surface area contributed by atoms with Gasteiger partial charge in [0.05, 0.1) is 18.0 Å². The molecule has 0 unspecified atom stereocenters. The number of anilines is 1. The highest BCUT2D eigenvalue weighted by Crippen LogP contribution is 2.16. The zero-order chi connectivity index (χ0) is 13.8. The Hall–Kier alpha value is -1.87. The van der Waals surface area contributed by atoms with E-state index >= 15 is 0 Å². The fraction of sp³-hybridized carbons (Fsp3) is 0.400. The number of amides is 1. The van der Waals surface area contributed by atoms with Gasteiger partial charge in [0.15, 0.2) is 5.16 Å². The van der Waals surface area contributed by atoms with E-state index in [4.69, 9.17) is 10.3 Å². The molecule has 2 rings (SSSR count). The summed E-state index contributed by atoms with van der Waals surface area (Å²) in [5.74, 6) is 1.02. The van der Waals surface area contributed by atoms with Crippen molar-refractivity contribution in [1.29, 1.82) is 0 Å². The van der Waals surface area contributed by atoms with E-state index in [9.17, 15) is 4.79 Å². The summed E-state index contributed by atoms with van der Waals surface area (Å²) in [5, 5.41) is 14.8. The number of aromatic nitrogens is 4. The van der Waals surface area contributed by atoms with Crippen LogP contribution >= 0.6 is 11.8 Å². The van der Waals surface area contributed by atoms with Crippen molar-refractivity contribution in [2.75, 3.05) is 11.1 Å². The molecule has 0 saturated carbocycles. The molecule has 0 aliphatic heterocycles. The van der Waals surface area contributed by atoms with Gasteiger partial charge in [0.2, 0.25) is 11.8 Å². The summed E-state index contributed by atoms with van der Waals surface area (Å²) in [6.07, 6.45) is 0. The first-order valence-corrected chi connectivity index (χ1v) is 6.53. The normalized spacial score (nSPS) is 10.7. The molecule has 0 bridgehead atoms. The largest absolute Gasteiger partial charge is 0.338 e. The Morgan fingerprint density at radius 3 is 2.95 bits per heavy atom. The Balaban J connectivity index is 1.88. The number of nitrogens with zero attached hydrogens (tertiary/aromatic N) is 4. The van der Waals surface area contributed by atoms with E-state index < -0.39 is 0 Å². The van der Waals surface area contributed by atoms with Gasteiger partial charge in [-0.2, -0.15) is 0 Å². The first-order valence-electron chi connectivity index (χ1n) is 5.54. The Morgan fingerprint density at radius 1 is 1.58 bits per heavy atom. The van der Waals surface area contributed by atoms with Crippen molar-refractivity contribution in [1.82, 2.24) is 19.9 Å². The van der Waals surface area contributed by atoms with Gasteiger partial charge in [0.25, 0.3) is 0 Å². The number of carbonyl (C=O) groups is 1. The van der Waals surface area contributed by atoms with Gasteiger partial charge in [-0.3, -0.25) is 10.1 Å². The Kier molecular flexibility index (Phi) is 4.17. The van der Waals surface area contributed by atoms with Crippen LogP contribution in [0.3, 0.4) is 0 Å². The van der Waals surface area contributed by atoms with E-state index in [-0.39, 0.29) is 11.7 Å². The van der Waals surface area contributed by atoms with Crippen LogP contribution in [0.2, 0.25) is 0 Å². The van der Waals surface area contributed by atoms with Crippen molar-refractivity contribution < 1.29 is 9.32 Å². The topological polar surface area (TPSA) is 112 Å². The van der Waals surface area contributed by atoms with Crippen LogP contribution in [0.25, 0.3) is 0 Å². The number of hydrogen-bond donors (Lipinski definition) is 2. The van der Waals surface area contributed by atoms with Crippen LogP contribution in [0.1, 0.15) is 11.5 Å². The van der Waals surface area contributed by atoms with Crippen molar-refractivity contribution in [2.24, 2.45) is 12.8 Å². The standard InChI is InChI=1S/C10H14N6O2S/c1-6-3-9(18-15-6)12-8(17)5-19-10-14-13-7(4-11)16(10)2/h3H,4-5,11H2,1-2H3,(H,12,17). The van der Waals surface area contributed by atoms with E-state index in [1.165, 1.54) is 11.8 Å². The summed E-state index contributed by atoms with van der Waals surface area (Å²) in [6.45, 7) is 2.09. The van der Waals surface area contributed by atoms with Crippen LogP contribution in [0, 0.1) is 6.92 Å². The minimum atomic E-state index is -0.196. The summed E-state index contributed by atoms with van der Waals surface area (Å²) in [5.41, 5.74) is 6.21. The van der Waals surface area contributed by atoms with Crippen LogP contribution in [0.4, 0.5) is 5.88 Å². The number of hydrogen-bond acceptors (Lipinski definition) is 7. The molecule has 1 amide bonds. The Morgan fingerprint density at radius 2 is 2.37 bits per heavy atom. The van der Waals surface area contributed by atoms with E-state index in [1.54, 1.807) is 17.6 Å². The second kappa shape index (κ2) is 5.85. The van der Waals surface area contributed by atoms with Crippen LogP contribution in [-0.2, 0) is 18.4 Å². The van der Waals surface area contributed by atoms with Gasteiger partial charge in [-0.05, 0) is 6.92 Å². The van der Waals surface area contributed by atoms with E-state index in [1.807, 2.05) is 7.05 Å². The molecule has 19 heavy (non-hydrogen) atoms. The Bertz CT molecular complexity index is 578. The number of rotatable bonds is 5. The van der Waals surface area contributed by atoms with Crippen molar-refractivity contribution in [3.63, 3.8) is 0 Å². The monoisotopic (exact) mass is 282 g/mol. The minimum absolute atomic E-state index is 0.196. The van der Waals surface area contributed by atoms with Gasteiger partial charge in [-0.25, -0.2) is 0 Å². The molecule has 9 heteroatoms. The summed E-state index contributed by atoms with van der Waals surface area (Å²) < 4.78 is 6.65. The summed E-state index contributed by atoms with van der Waals surface area (Å²) >= 11 is 1.28. The molecule has 2 aromatic rings. The highest BCUT2D eigenvalue weighted by atomic mass is 32.2. The summed E-state index contributed by atoms with van der Waals surface area (Å²) in [4.78, 5) is 11.7. The quantitative estimate of drug-likeness (QED) is 0.758. The van der Waals surface area contributed by atoms with E-state index in [0.29, 0.717) is 29.1 Å². The zero-order valence-corrected chi connectivity index (χ0v) is 11.4. The fourth-order valence-corrected chi connectivity index (χ4v) is 2.10. The lowest BCUT2D eigenvalue weighted by atomic mass is 10.5. The van der Waals surface area contributed by atoms with Gasteiger partial charge < -0.3 is 14.8 Å². The van der Waals surface area contributed by atoms with Crippen molar-refractivity contribution in [3.8, 4) is 0 Å². The zero-order valence-electron chi connectivity index (χ0n) is 10.6. The van der Waals surface area contributed by atoms with Crippen molar-refractivity contribution in [3.05, 3.63) is 17.6 Å². The SMILES string of the molecule is Cc1cc(NC(=O)CSc2nnc(CN)n2C)on1. The minimum Gasteiger partial charge on any atom is -0.338 e. The second-order valence-electron chi connectivity index (χ2n) is 3.83. The smallest absolute Gasteiger partial charge is 0.237 e. The van der Waals surface area contributed by atoms with Crippen LogP contribution < -0.4 is 11.1 Å². The number of aryl methyl sites for hydroxylation is 1. The first-order chi connectivity index (χ1) is 9.10. The highest BCUT2D eigenvalue weighted by molar-refractivity contribution is 7.99. The van der Waals surface area contributed by atoms with E-state index in [2.05, 4.69) is 20.7 Å². The number of thioether (sulfide) groups is 1. The van der Waals surface area contributed by atoms with Crippen LogP contribution in [-0.4, -0.2) is 31.6 Å². The van der Waals surface area contributed by atoms with Gasteiger partial charge in [0, 0.05) is 13.1 Å². The third-order valence-corrected chi connectivity index (χ3v) is 3.35. The molecule has 2 heterocycles. The molecular formula is C10H14N6O2S. The van der Waals surface area contributed by atoms with Crippen molar-refractivity contribution >= 4 is 23.6 Å². The molecule has 2 aromatic heterocycles. The Labute approximate surface area is 113 Å². The van der Waals surface area contributed by atoms with Crippen LogP contribution in [0.15, 0.2) is 15.7 Å². The molecule has 0 radical (unpaired) electrons. The fourth-order valence-electron chi connectivity index (χ4n) is 1.37. The number of nitrogens with one attached hydrogen (secondary N) is 1. The van der Waals surface area contributed by atoms with Gasteiger partial charge in [-0.1, -0.05) is 16.9 Å². The molecule has 3 N–H and O–H groups in total. The molecule has 8 nitrogen and oxygen atoms in total. The predicted molar refractivity (Wildman–Crippen MR) is 69.5 cm³/mol.